The maximum Gasteiger partial charge on any atom is 0.148 e. The second-order valence-electron chi connectivity index (χ2n) is 4.08. The van der Waals surface area contributed by atoms with Crippen LogP contribution < -0.4 is 5.32 Å². The van der Waals surface area contributed by atoms with Crippen LogP contribution in [0.4, 0.5) is 4.39 Å². The van der Waals surface area contributed by atoms with Gasteiger partial charge >= 0.3 is 0 Å². The van der Waals surface area contributed by atoms with Crippen LogP contribution in [0, 0.1) is 12.7 Å². The summed E-state index contributed by atoms with van der Waals surface area (Å²) >= 11 is 16.9. The number of halogens is 4. The quantitative estimate of drug-likeness (QED) is 0.683. The lowest BCUT2D eigenvalue weighted by Gasteiger charge is -2.17. The Bertz CT molecular complexity index is 615. The summed E-state index contributed by atoms with van der Waals surface area (Å²) in [5, 5.41) is 5.80. The first-order valence-electron chi connectivity index (χ1n) is 5.51. The van der Waals surface area contributed by atoms with Crippen LogP contribution in [0.3, 0.4) is 0 Å². The minimum Gasteiger partial charge on any atom is -0.309 e. The van der Waals surface area contributed by atoms with Crippen LogP contribution in [0.15, 0.2) is 22.0 Å². The van der Waals surface area contributed by atoms with Crippen molar-refractivity contribution in [2.24, 2.45) is 0 Å². The van der Waals surface area contributed by atoms with Gasteiger partial charge in [0.15, 0.2) is 0 Å². The summed E-state index contributed by atoms with van der Waals surface area (Å²) in [7, 11) is 1.77. The van der Waals surface area contributed by atoms with E-state index >= 15 is 0 Å². The molecule has 6 heteroatoms. The van der Waals surface area contributed by atoms with E-state index in [0.29, 0.717) is 15.1 Å². The molecular formula is C13H11BrCl2FNS. The van der Waals surface area contributed by atoms with E-state index in [-0.39, 0.29) is 11.1 Å². The Balaban J connectivity index is 2.55. The normalized spacial score (nSPS) is 12.7. The third-order valence-corrected chi connectivity index (χ3v) is 5.89. The van der Waals surface area contributed by atoms with E-state index < -0.39 is 5.82 Å². The van der Waals surface area contributed by atoms with Gasteiger partial charge in [0, 0.05) is 14.9 Å². The Morgan fingerprint density at radius 2 is 2.00 bits per heavy atom. The van der Waals surface area contributed by atoms with Gasteiger partial charge in [-0.1, -0.05) is 29.3 Å². The van der Waals surface area contributed by atoms with Crippen LogP contribution in [0.2, 0.25) is 10.0 Å². The van der Waals surface area contributed by atoms with Gasteiger partial charge in [0.2, 0.25) is 0 Å². The molecule has 0 bridgehead atoms. The Hall–Kier alpha value is -0.130. The van der Waals surface area contributed by atoms with Crippen molar-refractivity contribution in [3.05, 3.63) is 53.9 Å². The van der Waals surface area contributed by atoms with Gasteiger partial charge in [-0.2, -0.15) is 0 Å². The lowest BCUT2D eigenvalue weighted by molar-refractivity contribution is 0.579. The maximum absolute atomic E-state index is 14.3. The number of hydrogen-bond acceptors (Lipinski definition) is 2. The molecule has 0 aliphatic heterocycles. The minimum absolute atomic E-state index is 0.0853. The zero-order valence-electron chi connectivity index (χ0n) is 10.2. The molecule has 0 amide bonds. The number of aryl methyl sites for hydroxylation is 1. The van der Waals surface area contributed by atoms with Gasteiger partial charge < -0.3 is 5.32 Å². The predicted molar refractivity (Wildman–Crippen MR) is 84.1 cm³/mol. The molecule has 1 atom stereocenters. The molecule has 1 aromatic carbocycles. The predicted octanol–water partition coefficient (Wildman–Crippen LogP) is 5.57. The second kappa shape index (κ2) is 6.10. The molecular weight excluding hydrogens is 372 g/mol. The summed E-state index contributed by atoms with van der Waals surface area (Å²) in [6.45, 7) is 1.93. The van der Waals surface area contributed by atoms with E-state index in [9.17, 15) is 4.39 Å². The van der Waals surface area contributed by atoms with Crippen LogP contribution in [-0.4, -0.2) is 7.05 Å². The number of benzene rings is 1. The summed E-state index contributed by atoms with van der Waals surface area (Å²) in [4.78, 5) is 0.888. The third kappa shape index (κ3) is 2.83. The highest BCUT2D eigenvalue weighted by Gasteiger charge is 2.23. The van der Waals surface area contributed by atoms with Gasteiger partial charge in [-0.05, 0) is 46.9 Å². The molecule has 0 saturated heterocycles. The first kappa shape index (κ1) is 15.3. The lowest BCUT2D eigenvalue weighted by atomic mass is 10.0. The highest BCUT2D eigenvalue weighted by atomic mass is 79.9. The smallest absolute Gasteiger partial charge is 0.148 e. The molecule has 0 spiro atoms. The van der Waals surface area contributed by atoms with Gasteiger partial charge in [-0.25, -0.2) is 4.39 Å². The highest BCUT2D eigenvalue weighted by molar-refractivity contribution is 9.10. The van der Waals surface area contributed by atoms with Crippen LogP contribution in [0.5, 0.6) is 0 Å². The number of thiophene rings is 1. The van der Waals surface area contributed by atoms with Gasteiger partial charge in [-0.3, -0.25) is 0 Å². The van der Waals surface area contributed by atoms with Crippen LogP contribution in [0.1, 0.15) is 22.0 Å². The van der Waals surface area contributed by atoms with Crippen molar-refractivity contribution >= 4 is 50.5 Å². The molecule has 1 unspecified atom stereocenters. The van der Waals surface area contributed by atoms with Gasteiger partial charge in [0.1, 0.15) is 5.82 Å². The standard InChI is InChI=1S/C13H11BrCl2FNS/c1-6-5-19-13(9(6)15)12(18-2)7-3-4-8(14)10(16)11(7)17/h3-5,12,18H,1-2H3. The van der Waals surface area contributed by atoms with Crippen molar-refractivity contribution in [2.45, 2.75) is 13.0 Å². The first-order chi connectivity index (χ1) is 8.97. The topological polar surface area (TPSA) is 12.0 Å². The summed E-state index contributed by atoms with van der Waals surface area (Å²) < 4.78 is 14.8. The molecule has 0 fully saturated rings. The van der Waals surface area contributed by atoms with Crippen molar-refractivity contribution < 1.29 is 4.39 Å². The molecule has 19 heavy (non-hydrogen) atoms. The SMILES string of the molecule is CNC(c1ccc(Br)c(Cl)c1F)c1scc(C)c1Cl. The highest BCUT2D eigenvalue weighted by Crippen LogP contribution is 2.38. The maximum atomic E-state index is 14.3. The summed E-state index contributed by atoms with van der Waals surface area (Å²) in [5.41, 5.74) is 1.48. The zero-order chi connectivity index (χ0) is 14.2. The second-order valence-corrected chi connectivity index (χ2v) is 6.60. The van der Waals surface area contributed by atoms with E-state index in [4.69, 9.17) is 23.2 Å². The molecule has 0 saturated carbocycles. The molecule has 1 heterocycles. The lowest BCUT2D eigenvalue weighted by Crippen LogP contribution is -2.18. The summed E-state index contributed by atoms with van der Waals surface area (Å²) in [6, 6.07) is 3.13. The zero-order valence-corrected chi connectivity index (χ0v) is 14.1. The molecule has 1 nitrogen and oxygen atoms in total. The molecule has 102 valence electrons. The Kier molecular flexibility index (Phi) is 4.90. The molecule has 0 aliphatic rings. The van der Waals surface area contributed by atoms with Gasteiger partial charge in [0.05, 0.1) is 16.1 Å². The fourth-order valence-electron chi connectivity index (χ4n) is 1.84. The number of rotatable bonds is 3. The van der Waals surface area contributed by atoms with Crippen molar-refractivity contribution in [1.29, 1.82) is 0 Å². The van der Waals surface area contributed by atoms with E-state index in [1.807, 2.05) is 12.3 Å². The monoisotopic (exact) mass is 381 g/mol. The summed E-state index contributed by atoms with van der Waals surface area (Å²) in [6.07, 6.45) is 0. The minimum atomic E-state index is -0.433. The molecule has 0 radical (unpaired) electrons. The van der Waals surface area contributed by atoms with Crippen LogP contribution in [-0.2, 0) is 0 Å². The van der Waals surface area contributed by atoms with Gasteiger partial charge in [-0.15, -0.1) is 11.3 Å². The molecule has 2 aromatic rings. The van der Waals surface area contributed by atoms with E-state index in [1.165, 1.54) is 11.3 Å². The third-order valence-electron chi connectivity index (χ3n) is 2.85. The van der Waals surface area contributed by atoms with E-state index in [2.05, 4.69) is 21.2 Å². The Labute approximate surface area is 133 Å². The fraction of sp³-hybridized carbons (Fsp3) is 0.231. The largest absolute Gasteiger partial charge is 0.309 e. The first-order valence-corrected chi connectivity index (χ1v) is 7.94. The average molecular weight is 383 g/mol. The van der Waals surface area contributed by atoms with E-state index in [0.717, 1.165) is 10.4 Å². The van der Waals surface area contributed by atoms with Crippen molar-refractivity contribution in [3.63, 3.8) is 0 Å². The van der Waals surface area contributed by atoms with Crippen molar-refractivity contribution in [1.82, 2.24) is 5.32 Å². The number of hydrogen-bond donors (Lipinski definition) is 1. The van der Waals surface area contributed by atoms with Crippen molar-refractivity contribution in [3.8, 4) is 0 Å². The molecule has 2 rings (SSSR count). The summed E-state index contributed by atoms with van der Waals surface area (Å²) in [5.74, 6) is -0.433. The number of nitrogens with one attached hydrogen (secondary N) is 1. The van der Waals surface area contributed by atoms with Crippen LogP contribution >= 0.6 is 50.5 Å². The van der Waals surface area contributed by atoms with Crippen molar-refractivity contribution in [2.75, 3.05) is 7.05 Å². The molecule has 1 aromatic heterocycles. The Morgan fingerprint density at radius 1 is 1.32 bits per heavy atom. The molecule has 0 aliphatic carbocycles. The van der Waals surface area contributed by atoms with Gasteiger partial charge in [0.25, 0.3) is 0 Å². The average Bonchev–Trinajstić information content (AvgIpc) is 2.72. The van der Waals surface area contributed by atoms with E-state index in [1.54, 1.807) is 19.2 Å². The fourth-order valence-corrected chi connectivity index (χ4v) is 3.74. The van der Waals surface area contributed by atoms with Crippen LogP contribution in [0.25, 0.3) is 0 Å². The Morgan fingerprint density at radius 3 is 2.53 bits per heavy atom. The molecule has 1 N–H and O–H groups in total.